The van der Waals surface area contributed by atoms with E-state index >= 15 is 0 Å². The van der Waals surface area contributed by atoms with Gasteiger partial charge in [-0.15, -0.1) is 0 Å². The second-order valence-electron chi connectivity index (χ2n) is 7.80. The second-order valence-corrected chi connectivity index (χ2v) is 7.80. The van der Waals surface area contributed by atoms with Crippen LogP contribution in [0.4, 0.5) is 0 Å². The van der Waals surface area contributed by atoms with Crippen LogP contribution in [0.15, 0.2) is 18.3 Å². The van der Waals surface area contributed by atoms with Crippen LogP contribution in [0, 0.1) is 11.3 Å². The van der Waals surface area contributed by atoms with E-state index in [1.165, 1.54) is 12.0 Å². The summed E-state index contributed by atoms with van der Waals surface area (Å²) in [5.41, 5.74) is 5.40. The van der Waals surface area contributed by atoms with E-state index in [2.05, 4.69) is 11.1 Å². The molecule has 0 bridgehead atoms. The first-order valence-electron chi connectivity index (χ1n) is 10.2. The van der Waals surface area contributed by atoms with Crippen LogP contribution in [-0.2, 0) is 23.2 Å². The molecule has 1 fully saturated rings. The average Bonchev–Trinajstić information content (AvgIpc) is 3.11. The highest BCUT2D eigenvalue weighted by Crippen LogP contribution is 2.45. The van der Waals surface area contributed by atoms with Gasteiger partial charge in [-0.2, -0.15) is 5.26 Å². The zero-order valence-electron chi connectivity index (χ0n) is 16.8. The molecule has 0 spiro atoms. The van der Waals surface area contributed by atoms with E-state index < -0.39 is 5.60 Å². The SMILES string of the molecule is COc1cc(-c2c(C#N)c(C3(OC)CCCC3)nc3c2CCCCC3)ccn1. The maximum absolute atomic E-state index is 10.2. The molecule has 0 saturated heterocycles. The number of hydrogen-bond acceptors (Lipinski definition) is 5. The molecular weight excluding hydrogens is 350 g/mol. The maximum atomic E-state index is 10.2. The molecule has 0 atom stereocenters. The van der Waals surface area contributed by atoms with E-state index in [0.29, 0.717) is 11.4 Å². The molecule has 0 radical (unpaired) electrons. The second kappa shape index (κ2) is 7.89. The van der Waals surface area contributed by atoms with Gasteiger partial charge in [-0.3, -0.25) is 4.98 Å². The lowest BCUT2D eigenvalue weighted by Crippen LogP contribution is -2.28. The number of pyridine rings is 2. The summed E-state index contributed by atoms with van der Waals surface area (Å²) in [5, 5.41) is 10.2. The number of aryl methyl sites for hydroxylation is 1. The van der Waals surface area contributed by atoms with Crippen LogP contribution < -0.4 is 4.74 Å². The summed E-state index contributed by atoms with van der Waals surface area (Å²) < 4.78 is 11.4. The van der Waals surface area contributed by atoms with E-state index in [1.54, 1.807) is 20.4 Å². The molecule has 5 heteroatoms. The summed E-state index contributed by atoms with van der Waals surface area (Å²) in [6.07, 6.45) is 11.2. The molecular formula is C23H27N3O2. The summed E-state index contributed by atoms with van der Waals surface area (Å²) in [4.78, 5) is 9.36. The molecule has 0 amide bonds. The summed E-state index contributed by atoms with van der Waals surface area (Å²) in [6, 6.07) is 6.41. The Labute approximate surface area is 166 Å². The number of fused-ring (bicyclic) bond motifs is 1. The number of nitriles is 1. The van der Waals surface area contributed by atoms with Gasteiger partial charge in [0, 0.05) is 30.6 Å². The zero-order chi connectivity index (χ0) is 19.6. The molecule has 0 aliphatic heterocycles. The first kappa shape index (κ1) is 18.9. The first-order chi connectivity index (χ1) is 13.7. The summed E-state index contributed by atoms with van der Waals surface area (Å²) >= 11 is 0. The number of rotatable bonds is 4. The lowest BCUT2D eigenvalue weighted by molar-refractivity contribution is -0.0127. The number of hydrogen-bond donors (Lipinski definition) is 0. The Balaban J connectivity index is 2.02. The van der Waals surface area contributed by atoms with E-state index in [4.69, 9.17) is 14.5 Å². The Morgan fingerprint density at radius 3 is 2.57 bits per heavy atom. The van der Waals surface area contributed by atoms with Gasteiger partial charge in [0.2, 0.25) is 5.88 Å². The van der Waals surface area contributed by atoms with Crippen LogP contribution in [0.5, 0.6) is 5.88 Å². The normalized spacial score (nSPS) is 18.2. The molecule has 2 aliphatic rings. The van der Waals surface area contributed by atoms with Gasteiger partial charge in [0.25, 0.3) is 0 Å². The lowest BCUT2D eigenvalue weighted by Gasteiger charge is -2.30. The molecule has 1 saturated carbocycles. The average molecular weight is 377 g/mol. The maximum Gasteiger partial charge on any atom is 0.213 e. The highest BCUT2D eigenvalue weighted by molar-refractivity contribution is 5.76. The Morgan fingerprint density at radius 1 is 1.07 bits per heavy atom. The van der Waals surface area contributed by atoms with Gasteiger partial charge >= 0.3 is 0 Å². The van der Waals surface area contributed by atoms with Crippen molar-refractivity contribution in [2.24, 2.45) is 0 Å². The minimum atomic E-state index is -0.446. The smallest absolute Gasteiger partial charge is 0.213 e. The fourth-order valence-corrected chi connectivity index (χ4v) is 4.84. The van der Waals surface area contributed by atoms with Gasteiger partial charge in [0.15, 0.2) is 0 Å². The quantitative estimate of drug-likeness (QED) is 0.722. The van der Waals surface area contributed by atoms with Crippen molar-refractivity contribution in [1.29, 1.82) is 5.26 Å². The predicted molar refractivity (Wildman–Crippen MR) is 107 cm³/mol. The highest BCUT2D eigenvalue weighted by Gasteiger charge is 2.41. The van der Waals surface area contributed by atoms with Gasteiger partial charge < -0.3 is 9.47 Å². The fraction of sp³-hybridized carbons (Fsp3) is 0.522. The van der Waals surface area contributed by atoms with Crippen LogP contribution >= 0.6 is 0 Å². The third kappa shape index (κ3) is 3.16. The summed E-state index contributed by atoms with van der Waals surface area (Å²) in [5.74, 6) is 0.560. The van der Waals surface area contributed by atoms with Crippen molar-refractivity contribution in [3.05, 3.63) is 40.8 Å². The molecule has 4 rings (SSSR count). The van der Waals surface area contributed by atoms with Gasteiger partial charge in [-0.25, -0.2) is 4.98 Å². The zero-order valence-corrected chi connectivity index (χ0v) is 16.8. The van der Waals surface area contributed by atoms with Crippen molar-refractivity contribution in [2.45, 2.75) is 63.4 Å². The van der Waals surface area contributed by atoms with Crippen LogP contribution in [0.3, 0.4) is 0 Å². The molecule has 0 aromatic carbocycles. The van der Waals surface area contributed by atoms with E-state index in [1.807, 2.05) is 12.1 Å². The topological polar surface area (TPSA) is 68.0 Å². The standard InChI is InChI=1S/C23H27N3O2/c1-27-20-14-16(10-13-25-20)21-17-8-4-3-5-9-19(17)26-22(18(21)15-24)23(28-2)11-6-7-12-23/h10,13-14H,3-9,11-12H2,1-2H3. The summed E-state index contributed by atoms with van der Waals surface area (Å²) in [6.45, 7) is 0. The molecule has 2 aromatic rings. The summed E-state index contributed by atoms with van der Waals surface area (Å²) in [7, 11) is 3.38. The molecule has 146 valence electrons. The van der Waals surface area contributed by atoms with Crippen molar-refractivity contribution in [1.82, 2.24) is 9.97 Å². The fourth-order valence-electron chi connectivity index (χ4n) is 4.84. The van der Waals surface area contributed by atoms with Crippen LogP contribution in [0.25, 0.3) is 11.1 Å². The number of ether oxygens (including phenoxy) is 2. The van der Waals surface area contributed by atoms with Crippen molar-refractivity contribution < 1.29 is 9.47 Å². The predicted octanol–water partition coefficient (Wildman–Crippen LogP) is 4.71. The molecule has 0 N–H and O–H groups in total. The monoisotopic (exact) mass is 377 g/mol. The third-order valence-corrected chi connectivity index (χ3v) is 6.30. The van der Waals surface area contributed by atoms with Crippen molar-refractivity contribution >= 4 is 0 Å². The molecule has 2 heterocycles. The molecule has 0 unspecified atom stereocenters. The Morgan fingerprint density at radius 2 is 1.86 bits per heavy atom. The van der Waals surface area contributed by atoms with Gasteiger partial charge in [-0.05, 0) is 55.7 Å². The van der Waals surface area contributed by atoms with E-state index in [9.17, 15) is 5.26 Å². The lowest BCUT2D eigenvalue weighted by atomic mass is 9.85. The number of methoxy groups -OCH3 is 2. The molecule has 28 heavy (non-hydrogen) atoms. The third-order valence-electron chi connectivity index (χ3n) is 6.30. The highest BCUT2D eigenvalue weighted by atomic mass is 16.5. The van der Waals surface area contributed by atoms with Crippen LogP contribution in [0.2, 0.25) is 0 Å². The largest absolute Gasteiger partial charge is 0.481 e. The number of nitrogens with zero attached hydrogens (tertiary/aromatic N) is 3. The minimum absolute atomic E-state index is 0.446. The van der Waals surface area contributed by atoms with Gasteiger partial charge in [0.05, 0.1) is 18.4 Å². The molecule has 2 aliphatic carbocycles. The van der Waals surface area contributed by atoms with Crippen molar-refractivity contribution in [3.63, 3.8) is 0 Å². The first-order valence-corrected chi connectivity index (χ1v) is 10.2. The minimum Gasteiger partial charge on any atom is -0.481 e. The van der Waals surface area contributed by atoms with Gasteiger partial charge in [0.1, 0.15) is 11.7 Å². The van der Waals surface area contributed by atoms with Crippen LogP contribution in [-0.4, -0.2) is 24.2 Å². The van der Waals surface area contributed by atoms with Crippen LogP contribution in [0.1, 0.15) is 67.5 Å². The number of aromatic nitrogens is 2. The Hall–Kier alpha value is -2.45. The molecule has 5 nitrogen and oxygen atoms in total. The van der Waals surface area contributed by atoms with Crippen molar-refractivity contribution in [2.75, 3.05) is 14.2 Å². The van der Waals surface area contributed by atoms with E-state index in [0.717, 1.165) is 73.9 Å². The van der Waals surface area contributed by atoms with E-state index in [-0.39, 0.29) is 0 Å². The Bertz CT molecular complexity index is 911. The van der Waals surface area contributed by atoms with Crippen molar-refractivity contribution in [3.8, 4) is 23.1 Å². The Kier molecular flexibility index (Phi) is 5.32. The molecule has 2 aromatic heterocycles. The van der Waals surface area contributed by atoms with Gasteiger partial charge in [-0.1, -0.05) is 19.3 Å².